The number of nitrogens with one attached hydrogen (secondary N) is 1. The van der Waals surface area contributed by atoms with Gasteiger partial charge >= 0.3 is 0 Å². The molecule has 0 saturated carbocycles. The lowest BCUT2D eigenvalue weighted by Crippen LogP contribution is -2.25. The maximum absolute atomic E-state index is 12.4. The molecule has 2 aromatic rings. The van der Waals surface area contributed by atoms with E-state index in [4.69, 9.17) is 0 Å². The molecule has 1 aromatic carbocycles. The Morgan fingerprint density at radius 1 is 0.963 bits per heavy atom. The molecule has 0 aliphatic carbocycles. The Hall–Kier alpha value is -2.61. The zero-order valence-electron chi connectivity index (χ0n) is 15.0. The fourth-order valence-corrected chi connectivity index (χ4v) is 5.07. The summed E-state index contributed by atoms with van der Waals surface area (Å²) < 4.78 is 25.4. The summed E-state index contributed by atoms with van der Waals surface area (Å²) in [7, 11) is -3.21. The summed E-state index contributed by atoms with van der Waals surface area (Å²) in [5.74, 6) is 0.860. The van der Waals surface area contributed by atoms with Crippen LogP contribution in [0.25, 0.3) is 0 Å². The van der Waals surface area contributed by atoms with E-state index in [1.165, 1.54) is 17.1 Å². The molecule has 142 valence electrons. The Morgan fingerprint density at radius 2 is 1.70 bits per heavy atom. The predicted octanol–water partition coefficient (Wildman–Crippen LogP) is 2.47. The van der Waals surface area contributed by atoms with Crippen LogP contribution in [0.3, 0.4) is 0 Å². The summed E-state index contributed by atoms with van der Waals surface area (Å²) in [5.41, 5.74) is 1.70. The summed E-state index contributed by atoms with van der Waals surface area (Å²) in [6, 6.07) is 10.4. The van der Waals surface area contributed by atoms with Crippen molar-refractivity contribution in [3.8, 4) is 0 Å². The molecule has 2 fully saturated rings. The van der Waals surface area contributed by atoms with E-state index in [0.717, 1.165) is 18.9 Å². The zero-order valence-corrected chi connectivity index (χ0v) is 15.8. The molecule has 0 atom stereocenters. The van der Waals surface area contributed by atoms with Crippen LogP contribution < -0.4 is 14.5 Å². The SMILES string of the molecule is O=C(Nc1ccc(N2CCCC2)nc1)c1ccc(N2CCCS2(=O)=O)cc1. The number of nitrogens with zero attached hydrogens (tertiary/aromatic N) is 3. The number of pyridine rings is 1. The van der Waals surface area contributed by atoms with E-state index in [0.29, 0.717) is 29.9 Å². The Labute approximate surface area is 159 Å². The van der Waals surface area contributed by atoms with E-state index in [-0.39, 0.29) is 11.7 Å². The third kappa shape index (κ3) is 3.75. The molecule has 0 bridgehead atoms. The van der Waals surface area contributed by atoms with Crippen LogP contribution in [0.2, 0.25) is 0 Å². The first kappa shape index (κ1) is 17.8. The largest absolute Gasteiger partial charge is 0.357 e. The molecule has 1 aromatic heterocycles. The highest BCUT2D eigenvalue weighted by Crippen LogP contribution is 2.24. The minimum atomic E-state index is -3.21. The van der Waals surface area contributed by atoms with Crippen LogP contribution in [0.4, 0.5) is 17.2 Å². The number of aromatic nitrogens is 1. The standard InChI is InChI=1S/C19H22N4O3S/c24-19(21-16-6-9-18(20-14-16)22-10-1-2-11-22)15-4-7-17(8-5-15)23-12-3-13-27(23,25)26/h4-9,14H,1-3,10-13H2,(H,21,24). The second kappa shape index (κ2) is 7.19. The fourth-order valence-electron chi connectivity index (χ4n) is 3.51. The highest BCUT2D eigenvalue weighted by Gasteiger charge is 2.28. The Bertz CT molecular complexity index is 920. The van der Waals surface area contributed by atoms with Crippen LogP contribution in [0.5, 0.6) is 0 Å². The van der Waals surface area contributed by atoms with Gasteiger partial charge in [-0.1, -0.05) is 0 Å². The van der Waals surface area contributed by atoms with Crippen LogP contribution in [-0.2, 0) is 10.0 Å². The topological polar surface area (TPSA) is 82.6 Å². The number of rotatable bonds is 4. The lowest BCUT2D eigenvalue weighted by atomic mass is 10.2. The maximum atomic E-state index is 12.4. The molecule has 0 spiro atoms. The van der Waals surface area contributed by atoms with Crippen LogP contribution >= 0.6 is 0 Å². The van der Waals surface area contributed by atoms with Crippen molar-refractivity contribution in [2.45, 2.75) is 19.3 Å². The first-order valence-electron chi connectivity index (χ1n) is 9.16. The van der Waals surface area contributed by atoms with Gasteiger partial charge in [-0.15, -0.1) is 0 Å². The van der Waals surface area contributed by atoms with Crippen molar-refractivity contribution in [2.75, 3.05) is 39.9 Å². The molecule has 2 saturated heterocycles. The number of hydrogen-bond acceptors (Lipinski definition) is 5. The van der Waals surface area contributed by atoms with Gasteiger partial charge in [0, 0.05) is 25.2 Å². The van der Waals surface area contributed by atoms with Gasteiger partial charge in [-0.2, -0.15) is 0 Å². The maximum Gasteiger partial charge on any atom is 0.255 e. The first-order chi connectivity index (χ1) is 13.0. The third-order valence-corrected chi connectivity index (χ3v) is 6.82. The number of amides is 1. The van der Waals surface area contributed by atoms with E-state index in [1.54, 1.807) is 30.5 Å². The molecular weight excluding hydrogens is 364 g/mol. The number of anilines is 3. The van der Waals surface area contributed by atoms with E-state index >= 15 is 0 Å². The van der Waals surface area contributed by atoms with Gasteiger partial charge in [-0.25, -0.2) is 13.4 Å². The second-order valence-corrected chi connectivity index (χ2v) is 8.85. The smallest absolute Gasteiger partial charge is 0.255 e. The van der Waals surface area contributed by atoms with Crippen molar-refractivity contribution in [1.29, 1.82) is 0 Å². The monoisotopic (exact) mass is 386 g/mol. The van der Waals surface area contributed by atoms with Crippen molar-refractivity contribution in [3.63, 3.8) is 0 Å². The molecule has 27 heavy (non-hydrogen) atoms. The van der Waals surface area contributed by atoms with Gasteiger partial charge in [-0.05, 0) is 55.7 Å². The van der Waals surface area contributed by atoms with Gasteiger partial charge < -0.3 is 10.2 Å². The molecule has 0 radical (unpaired) electrons. The Kier molecular flexibility index (Phi) is 4.73. The van der Waals surface area contributed by atoms with Gasteiger partial charge in [0.15, 0.2) is 0 Å². The molecule has 2 aliphatic heterocycles. The highest BCUT2D eigenvalue weighted by atomic mass is 32.2. The highest BCUT2D eigenvalue weighted by molar-refractivity contribution is 7.93. The Morgan fingerprint density at radius 3 is 2.30 bits per heavy atom. The molecule has 0 unspecified atom stereocenters. The molecular formula is C19H22N4O3S. The molecule has 3 heterocycles. The molecule has 8 heteroatoms. The lowest BCUT2D eigenvalue weighted by molar-refractivity contribution is 0.102. The molecule has 4 rings (SSSR count). The van der Waals surface area contributed by atoms with Crippen LogP contribution in [0.15, 0.2) is 42.6 Å². The van der Waals surface area contributed by atoms with Crippen LogP contribution in [0.1, 0.15) is 29.6 Å². The van der Waals surface area contributed by atoms with Gasteiger partial charge in [0.25, 0.3) is 5.91 Å². The summed E-state index contributed by atoms with van der Waals surface area (Å²) >= 11 is 0. The van der Waals surface area contributed by atoms with Crippen LogP contribution in [0, 0.1) is 0 Å². The van der Waals surface area contributed by atoms with Gasteiger partial charge in [0.2, 0.25) is 10.0 Å². The zero-order chi connectivity index (χ0) is 18.9. The van der Waals surface area contributed by atoms with E-state index in [1.807, 2.05) is 12.1 Å². The van der Waals surface area contributed by atoms with Crippen molar-refractivity contribution in [1.82, 2.24) is 4.98 Å². The first-order valence-corrected chi connectivity index (χ1v) is 10.8. The Balaban J connectivity index is 1.42. The number of hydrogen-bond donors (Lipinski definition) is 1. The summed E-state index contributed by atoms with van der Waals surface area (Å²) in [5, 5.41) is 2.83. The summed E-state index contributed by atoms with van der Waals surface area (Å²) in [4.78, 5) is 19.1. The second-order valence-electron chi connectivity index (χ2n) is 6.84. The predicted molar refractivity (Wildman–Crippen MR) is 106 cm³/mol. The molecule has 7 nitrogen and oxygen atoms in total. The number of sulfonamides is 1. The van der Waals surface area contributed by atoms with Crippen molar-refractivity contribution in [3.05, 3.63) is 48.2 Å². The summed E-state index contributed by atoms with van der Waals surface area (Å²) in [6.07, 6.45) is 4.67. The van der Waals surface area contributed by atoms with Crippen molar-refractivity contribution < 1.29 is 13.2 Å². The quantitative estimate of drug-likeness (QED) is 0.873. The average Bonchev–Trinajstić information content (AvgIpc) is 3.32. The lowest BCUT2D eigenvalue weighted by Gasteiger charge is -2.17. The van der Waals surface area contributed by atoms with Crippen LogP contribution in [-0.4, -0.2) is 44.7 Å². The van der Waals surface area contributed by atoms with Gasteiger partial charge in [0.1, 0.15) is 5.82 Å². The molecule has 1 amide bonds. The molecule has 2 aliphatic rings. The van der Waals surface area contributed by atoms with Crippen molar-refractivity contribution >= 4 is 33.1 Å². The van der Waals surface area contributed by atoms with Crippen molar-refractivity contribution in [2.24, 2.45) is 0 Å². The minimum Gasteiger partial charge on any atom is -0.357 e. The number of carbonyl (C=O) groups excluding carboxylic acids is 1. The van der Waals surface area contributed by atoms with E-state index in [2.05, 4.69) is 15.2 Å². The normalized spacial score (nSPS) is 18.7. The third-order valence-electron chi connectivity index (χ3n) is 4.95. The van der Waals surface area contributed by atoms with E-state index < -0.39 is 10.0 Å². The number of benzene rings is 1. The molecule has 1 N–H and O–H groups in total. The average molecular weight is 386 g/mol. The summed E-state index contributed by atoms with van der Waals surface area (Å²) in [6.45, 7) is 2.54. The van der Waals surface area contributed by atoms with E-state index in [9.17, 15) is 13.2 Å². The number of carbonyl (C=O) groups is 1. The van der Waals surface area contributed by atoms with Gasteiger partial charge in [0.05, 0.1) is 23.3 Å². The van der Waals surface area contributed by atoms with Gasteiger partial charge in [-0.3, -0.25) is 9.10 Å². The fraction of sp³-hybridized carbons (Fsp3) is 0.368. The minimum absolute atomic E-state index is 0.176.